The number of aromatic hydroxyl groups is 13. The number of anilines is 1. The molecule has 0 radical (unpaired) electrons. The van der Waals surface area contributed by atoms with Crippen LogP contribution < -0.4 is 5.73 Å². The molecule has 0 aliphatic heterocycles. The van der Waals surface area contributed by atoms with Gasteiger partial charge in [0.25, 0.3) is 0 Å². The molecule has 0 bridgehead atoms. The Bertz CT molecular complexity index is 6050. The van der Waals surface area contributed by atoms with Crippen LogP contribution in [-0.2, 0) is 23.7 Å². The minimum atomic E-state index is -0.0978. The molecule has 13 rings (SSSR count). The van der Waals surface area contributed by atoms with Crippen LogP contribution in [-0.4, -0.2) is 66.4 Å². The first-order valence-corrected chi connectivity index (χ1v) is 47.7. The first-order valence-electron chi connectivity index (χ1n) is 47.7. The van der Waals surface area contributed by atoms with E-state index in [0.717, 1.165) is 202 Å². The molecule has 13 aromatic rings. The number of benzene rings is 13. The summed E-state index contributed by atoms with van der Waals surface area (Å²) in [6.45, 7) is 69.8. The van der Waals surface area contributed by atoms with Crippen molar-refractivity contribution in [3.8, 4) is 74.7 Å². The molecule has 14 heteroatoms. The summed E-state index contributed by atoms with van der Waals surface area (Å²) in [6.07, 6.45) is 2.18. The van der Waals surface area contributed by atoms with E-state index in [1.54, 1.807) is 0 Å². The summed E-state index contributed by atoms with van der Waals surface area (Å²) < 4.78 is 0. The van der Waals surface area contributed by atoms with Crippen molar-refractivity contribution in [3.63, 3.8) is 0 Å². The van der Waals surface area contributed by atoms with Crippen LogP contribution >= 0.6 is 0 Å². The first kappa shape index (κ1) is 111. The number of phenols is 13. The lowest BCUT2D eigenvalue weighted by molar-refractivity contribution is 0.423. The molecule has 0 aromatic heterocycles. The van der Waals surface area contributed by atoms with Crippen LogP contribution in [0.3, 0.4) is 0 Å². The molecule has 0 saturated heterocycles. The maximum absolute atomic E-state index is 10.6. The van der Waals surface area contributed by atoms with Gasteiger partial charge in [-0.3, -0.25) is 0 Å². The highest BCUT2D eigenvalue weighted by Gasteiger charge is 2.30. The van der Waals surface area contributed by atoms with Crippen molar-refractivity contribution in [1.82, 2.24) is 0 Å². The van der Waals surface area contributed by atoms with Crippen LogP contribution in [0, 0.1) is 172 Å². The molecule has 13 aromatic carbocycles. The van der Waals surface area contributed by atoms with Gasteiger partial charge in [-0.05, 0) is 330 Å². The molecule has 137 heavy (non-hydrogen) atoms. The second kappa shape index (κ2) is 46.3. The lowest BCUT2D eigenvalue weighted by Gasteiger charge is -2.27. The van der Waals surface area contributed by atoms with E-state index in [1.165, 1.54) is 22.3 Å². The van der Waals surface area contributed by atoms with E-state index in [2.05, 4.69) is 69.2 Å². The van der Waals surface area contributed by atoms with Gasteiger partial charge in [-0.1, -0.05) is 266 Å². The number of nitrogens with two attached hydrogens (primary N) is 1. The Balaban J connectivity index is 0.000000218. The van der Waals surface area contributed by atoms with E-state index in [0.29, 0.717) is 86.9 Å². The van der Waals surface area contributed by atoms with Crippen molar-refractivity contribution in [3.05, 3.63) is 369 Å². The SMILES string of the molecule is CC(C)(C)c1cc(N)cc(C(C)(C)C)c1O.CCC(c1cc(C)cc(C)c1O)c1cc(C)cc(C)c1O.Cc1cc(C(C)c2cc(C)c(O)c(C)c2)cc(C)c1O.Cc1cc(C)c(O)c(C(C)c2cc(C)cc(C)c2O)c1.Cc1cc(C)c(O)c(C(c2cc(C)cc(C)c2O)C(C)C)c1.Cc1cc(C)c(O)c(Cc2cc(C)cc(C)c2O)c1.Cc1cc(Cc2cc(C)c(O)c(C)c2)cc(C)c1O. The summed E-state index contributed by atoms with van der Waals surface area (Å²) in [7, 11) is 0. The summed E-state index contributed by atoms with van der Waals surface area (Å²) in [5.41, 5.74) is 43.2. The van der Waals surface area contributed by atoms with Crippen LogP contribution in [0.4, 0.5) is 5.69 Å². The van der Waals surface area contributed by atoms with Crippen molar-refractivity contribution < 1.29 is 66.4 Å². The third-order valence-corrected chi connectivity index (χ3v) is 26.0. The quantitative estimate of drug-likeness (QED) is 0.0356. The second-order valence-corrected chi connectivity index (χ2v) is 41.4. The van der Waals surface area contributed by atoms with Gasteiger partial charge in [0, 0.05) is 80.3 Å². The van der Waals surface area contributed by atoms with Gasteiger partial charge in [0.15, 0.2) is 0 Å². The molecule has 0 heterocycles. The van der Waals surface area contributed by atoms with Crippen molar-refractivity contribution in [2.45, 2.75) is 296 Å². The fraction of sp³-hybridized carbons (Fsp3) is 0.366. The number of phenolic OH excluding ortho intramolecular Hbond substituents is 13. The van der Waals surface area contributed by atoms with Crippen LogP contribution in [0.25, 0.3) is 0 Å². The smallest absolute Gasteiger partial charge is 0.123 e. The normalized spacial score (nSPS) is 11.3. The van der Waals surface area contributed by atoms with Crippen molar-refractivity contribution in [2.24, 2.45) is 5.92 Å². The van der Waals surface area contributed by atoms with E-state index in [4.69, 9.17) is 5.73 Å². The lowest BCUT2D eigenvalue weighted by atomic mass is 9.79. The standard InChI is InChI=1S/C20H26O2.C19H24O2.2C18H22O2.2C17H20O2.C14H23NO/c1-11(2)18(16-9-12(3)7-14(5)19(16)21)17-10-13(4)8-15(6)20(17)22;1-6-15(16-9-11(2)7-13(4)18(16)20)17-10-12(3)8-14(5)19(17)21;1-10-6-15(7-11(2)17(10)19)14(5)16-8-12(3)18(20)13(4)9-16;1-10-6-12(3)17(19)15(8-10)14(5)16-9-11(2)7-13(4)18(16)20;1-10-5-14(6-11(2)16(10)18)9-15-7-12(3)17(19)13(4)8-15;1-10-5-12(3)16(18)14(7-10)9-15-8-11(2)6-13(4)17(15)19;1-13(2,3)10-7-9(15)8-11(12(10)16)14(4,5)6/h7-11,18,21-22H,1-6H3;7-10,15,20-21H,6H2,1-5H3;2*6-9,14,19-20H,1-5H3;2*5-8,18-19H,9H2,1-4H3;7-8,16H,15H2,1-6H3. The van der Waals surface area contributed by atoms with E-state index in [1.807, 2.05) is 331 Å². The lowest BCUT2D eigenvalue weighted by Crippen LogP contribution is -2.17. The van der Waals surface area contributed by atoms with Gasteiger partial charge < -0.3 is 72.1 Å². The van der Waals surface area contributed by atoms with Gasteiger partial charge >= 0.3 is 0 Å². The topological polar surface area (TPSA) is 289 Å². The Morgan fingerprint density at radius 1 is 0.226 bits per heavy atom. The average molecular weight is 1860 g/mol. The van der Waals surface area contributed by atoms with Gasteiger partial charge in [0.1, 0.15) is 74.7 Å². The predicted octanol–water partition coefficient (Wildman–Crippen LogP) is 30.4. The second-order valence-electron chi connectivity index (χ2n) is 41.4. The molecular weight excluding hydrogens is 1700 g/mol. The fourth-order valence-electron chi connectivity index (χ4n) is 18.9. The summed E-state index contributed by atoms with van der Waals surface area (Å²) in [6, 6.07) is 51.7. The highest BCUT2D eigenvalue weighted by Crippen LogP contribution is 2.48. The molecule has 0 fully saturated rings. The number of hydrogen-bond donors (Lipinski definition) is 14. The molecule has 0 aliphatic rings. The minimum Gasteiger partial charge on any atom is -0.507 e. The zero-order valence-electron chi connectivity index (χ0n) is 88.4. The molecule has 0 amide bonds. The molecule has 15 N–H and O–H groups in total. The molecular formula is C123H157NO13. The molecule has 0 saturated carbocycles. The molecule has 732 valence electrons. The molecule has 14 nitrogen and oxygen atoms in total. The summed E-state index contributed by atoms with van der Waals surface area (Å²) in [5, 5.41) is 132. The van der Waals surface area contributed by atoms with E-state index in [-0.39, 0.29) is 40.4 Å². The largest absolute Gasteiger partial charge is 0.507 e. The predicted molar refractivity (Wildman–Crippen MR) is 570 cm³/mol. The van der Waals surface area contributed by atoms with Gasteiger partial charge in [-0.2, -0.15) is 0 Å². The van der Waals surface area contributed by atoms with E-state index >= 15 is 0 Å². The van der Waals surface area contributed by atoms with E-state index < -0.39 is 0 Å². The number of nitrogen functional groups attached to an aromatic ring is 1. The summed E-state index contributed by atoms with van der Waals surface area (Å²) >= 11 is 0. The van der Waals surface area contributed by atoms with Gasteiger partial charge in [0.05, 0.1) is 0 Å². The number of hydrogen-bond acceptors (Lipinski definition) is 14. The van der Waals surface area contributed by atoms with E-state index in [9.17, 15) is 66.4 Å². The van der Waals surface area contributed by atoms with Crippen molar-refractivity contribution in [1.29, 1.82) is 0 Å². The fourth-order valence-corrected chi connectivity index (χ4v) is 18.9. The summed E-state index contributed by atoms with van der Waals surface area (Å²) in [4.78, 5) is 0. The number of rotatable bonds is 14. The van der Waals surface area contributed by atoms with Gasteiger partial charge in [0.2, 0.25) is 0 Å². The first-order chi connectivity index (χ1) is 63.5. The van der Waals surface area contributed by atoms with Crippen LogP contribution in [0.5, 0.6) is 74.7 Å². The summed E-state index contributed by atoms with van der Waals surface area (Å²) in [5.74, 6) is 4.94. The number of aryl methyl sites for hydroxylation is 24. The van der Waals surface area contributed by atoms with Gasteiger partial charge in [-0.25, -0.2) is 0 Å². The highest BCUT2D eigenvalue weighted by molar-refractivity contribution is 5.61. The Morgan fingerprint density at radius 2 is 0.438 bits per heavy atom. The molecule has 0 spiro atoms. The monoisotopic (exact) mass is 1860 g/mol. The zero-order chi connectivity index (χ0) is 103. The Hall–Kier alpha value is -12.9. The zero-order valence-corrected chi connectivity index (χ0v) is 88.4. The minimum absolute atomic E-state index is 0.00204. The maximum atomic E-state index is 10.6. The maximum Gasteiger partial charge on any atom is 0.123 e. The highest BCUT2D eigenvalue weighted by atomic mass is 16.3. The Kier molecular flexibility index (Phi) is 37.5. The van der Waals surface area contributed by atoms with Crippen molar-refractivity contribution in [2.75, 3.05) is 5.73 Å². The molecule has 0 aliphatic carbocycles. The Morgan fingerprint density at radius 3 is 0.686 bits per heavy atom. The van der Waals surface area contributed by atoms with Crippen LogP contribution in [0.15, 0.2) is 158 Å². The average Bonchev–Trinajstić information content (AvgIpc) is 0.785. The van der Waals surface area contributed by atoms with Crippen LogP contribution in [0.1, 0.15) is 318 Å². The van der Waals surface area contributed by atoms with Gasteiger partial charge in [-0.15, -0.1) is 0 Å². The molecule has 0 unspecified atom stereocenters. The third-order valence-electron chi connectivity index (χ3n) is 26.0. The van der Waals surface area contributed by atoms with Crippen molar-refractivity contribution >= 4 is 5.69 Å². The molecule has 0 atom stereocenters. The van der Waals surface area contributed by atoms with Crippen LogP contribution in [0.2, 0.25) is 0 Å². The third kappa shape index (κ3) is 28.2. The Labute approximate surface area is 818 Å².